The first-order chi connectivity index (χ1) is 18.3. The van der Waals surface area contributed by atoms with Gasteiger partial charge in [-0.3, -0.25) is 4.79 Å². The van der Waals surface area contributed by atoms with Gasteiger partial charge in [-0.1, -0.05) is 92.0 Å². The Hall–Kier alpha value is -3.11. The second kappa shape index (κ2) is 21.0. The number of carbonyl (C=O) groups excluding carboxylic acids is 1. The highest BCUT2D eigenvalue weighted by atomic mass is 16.5. The molecule has 1 amide bonds. The summed E-state index contributed by atoms with van der Waals surface area (Å²) in [6.07, 6.45) is 33.6. The molecule has 1 fully saturated rings. The Morgan fingerprint density at radius 1 is 0.757 bits per heavy atom. The van der Waals surface area contributed by atoms with E-state index in [0.29, 0.717) is 13.0 Å². The van der Waals surface area contributed by atoms with Gasteiger partial charge in [-0.05, 0) is 62.6 Å². The Labute approximate surface area is 225 Å². The lowest BCUT2D eigenvalue weighted by atomic mass is 10.2. The first kappa shape index (κ1) is 30.1. The van der Waals surface area contributed by atoms with Gasteiger partial charge in [0.1, 0.15) is 0 Å². The number of morpholine rings is 1. The molecule has 1 aliphatic rings. The van der Waals surface area contributed by atoms with Crippen LogP contribution < -0.4 is 10.2 Å². The number of hydrogen-bond donors (Lipinski definition) is 1. The van der Waals surface area contributed by atoms with E-state index in [4.69, 9.17) is 4.74 Å². The highest BCUT2D eigenvalue weighted by Crippen LogP contribution is 2.16. The predicted octanol–water partition coefficient (Wildman–Crippen LogP) is 7.62. The van der Waals surface area contributed by atoms with E-state index in [2.05, 4.69) is 114 Å². The normalized spacial score (nSPS) is 15.0. The number of amides is 1. The summed E-state index contributed by atoms with van der Waals surface area (Å²) in [4.78, 5) is 14.4. The van der Waals surface area contributed by atoms with Gasteiger partial charge in [-0.2, -0.15) is 0 Å². The van der Waals surface area contributed by atoms with Crippen LogP contribution in [0.3, 0.4) is 0 Å². The molecule has 0 radical (unpaired) electrons. The van der Waals surface area contributed by atoms with Crippen LogP contribution in [0.2, 0.25) is 0 Å². The van der Waals surface area contributed by atoms with Gasteiger partial charge in [0.15, 0.2) is 0 Å². The second-order valence-electron chi connectivity index (χ2n) is 9.00. The Morgan fingerprint density at radius 3 is 1.76 bits per heavy atom. The third-order valence-electron chi connectivity index (χ3n) is 5.94. The molecule has 4 heteroatoms. The molecule has 1 aromatic rings. The number of benzene rings is 1. The molecule has 4 nitrogen and oxygen atoms in total. The number of anilines is 1. The molecule has 0 spiro atoms. The zero-order chi connectivity index (χ0) is 26.2. The summed E-state index contributed by atoms with van der Waals surface area (Å²) in [7, 11) is 0. The number of nitrogens with zero attached hydrogens (tertiary/aromatic N) is 1. The van der Waals surface area contributed by atoms with Crippen LogP contribution in [-0.2, 0) is 16.1 Å². The Morgan fingerprint density at radius 2 is 1.24 bits per heavy atom. The standard InChI is InChI=1S/C33H46N2O2/c1-2-3-4-5-6-7-8-9-10-11-12-13-14-15-16-17-18-19-20-21-33(36)34-30-31-22-24-32(25-23-31)35-26-28-37-29-27-35/h3-4,6-7,9-10,12-13,15-16,18-19,22-25H,2,5,8,11,14,17,20-21,26-30H2,1H3,(H,34,36)/b4-3+,7-6+,10-9+,13-12+,16-15+,19-18+. The van der Waals surface area contributed by atoms with Crippen molar-refractivity contribution in [2.45, 2.75) is 64.8 Å². The van der Waals surface area contributed by atoms with Crippen LogP contribution in [0.1, 0.15) is 63.9 Å². The molecule has 0 bridgehead atoms. The Bertz CT molecular complexity index is 901. The van der Waals surface area contributed by atoms with E-state index in [1.165, 1.54) is 5.69 Å². The molecule has 1 aromatic carbocycles. The van der Waals surface area contributed by atoms with Crippen LogP contribution in [0.5, 0.6) is 0 Å². The first-order valence-electron chi connectivity index (χ1n) is 13.9. The molecular formula is C33H46N2O2. The van der Waals surface area contributed by atoms with Gasteiger partial charge in [0, 0.05) is 31.7 Å². The predicted molar refractivity (Wildman–Crippen MR) is 159 cm³/mol. The fourth-order valence-corrected chi connectivity index (χ4v) is 3.79. The SMILES string of the molecule is CC/C=C/C/C=C/C/C=C/C/C=C/C/C=C/C/C=C/CCC(=O)NCc1ccc(N2CCOCC2)cc1. The van der Waals surface area contributed by atoms with Crippen LogP contribution >= 0.6 is 0 Å². The molecule has 1 N–H and O–H groups in total. The highest BCUT2D eigenvalue weighted by Gasteiger charge is 2.10. The van der Waals surface area contributed by atoms with Crippen LogP contribution in [0.15, 0.2) is 97.2 Å². The molecule has 2 rings (SSSR count). The molecule has 0 unspecified atom stereocenters. The quantitative estimate of drug-likeness (QED) is 0.223. The summed E-state index contributed by atoms with van der Waals surface area (Å²) in [5, 5.41) is 3.02. The number of allylic oxidation sites excluding steroid dienone is 12. The number of nitrogens with one attached hydrogen (secondary N) is 1. The number of ether oxygens (including phenoxy) is 1. The average Bonchev–Trinajstić information content (AvgIpc) is 2.94. The summed E-state index contributed by atoms with van der Waals surface area (Å²) in [6.45, 7) is 6.17. The van der Waals surface area contributed by atoms with Gasteiger partial charge in [0.25, 0.3) is 0 Å². The third-order valence-corrected chi connectivity index (χ3v) is 5.94. The van der Waals surface area contributed by atoms with E-state index >= 15 is 0 Å². The van der Waals surface area contributed by atoms with Crippen LogP contribution in [0, 0.1) is 0 Å². The Balaban J connectivity index is 1.45. The van der Waals surface area contributed by atoms with E-state index in [1.54, 1.807) is 0 Å². The van der Waals surface area contributed by atoms with Crippen LogP contribution in [0.25, 0.3) is 0 Å². The van der Waals surface area contributed by atoms with Gasteiger partial charge in [-0.15, -0.1) is 0 Å². The molecule has 37 heavy (non-hydrogen) atoms. The maximum atomic E-state index is 12.1. The van der Waals surface area contributed by atoms with Crippen molar-refractivity contribution in [3.8, 4) is 0 Å². The molecule has 0 aromatic heterocycles. The molecule has 1 heterocycles. The summed E-state index contributed by atoms with van der Waals surface area (Å²) in [5.41, 5.74) is 2.34. The van der Waals surface area contributed by atoms with E-state index in [0.717, 1.165) is 76.8 Å². The van der Waals surface area contributed by atoms with Crippen molar-refractivity contribution in [1.29, 1.82) is 0 Å². The monoisotopic (exact) mass is 502 g/mol. The van der Waals surface area contributed by atoms with Crippen LogP contribution in [-0.4, -0.2) is 32.2 Å². The molecule has 1 aliphatic heterocycles. The summed E-state index contributed by atoms with van der Waals surface area (Å²) < 4.78 is 5.41. The van der Waals surface area contributed by atoms with Crippen molar-refractivity contribution >= 4 is 11.6 Å². The lowest BCUT2D eigenvalue weighted by molar-refractivity contribution is -0.121. The van der Waals surface area contributed by atoms with Crippen molar-refractivity contribution in [3.05, 3.63) is 103 Å². The molecule has 200 valence electrons. The summed E-state index contributed by atoms with van der Waals surface area (Å²) in [6, 6.07) is 8.45. The van der Waals surface area contributed by atoms with E-state index in [9.17, 15) is 4.79 Å². The van der Waals surface area contributed by atoms with Gasteiger partial charge in [-0.25, -0.2) is 0 Å². The first-order valence-corrected chi connectivity index (χ1v) is 13.9. The van der Waals surface area contributed by atoms with Crippen molar-refractivity contribution in [1.82, 2.24) is 5.32 Å². The highest BCUT2D eigenvalue weighted by molar-refractivity contribution is 5.76. The molecule has 1 saturated heterocycles. The fraction of sp³-hybridized carbons (Fsp3) is 0.424. The van der Waals surface area contributed by atoms with Gasteiger partial charge in [0.2, 0.25) is 5.91 Å². The molecule has 0 atom stereocenters. The maximum absolute atomic E-state index is 12.1. The smallest absolute Gasteiger partial charge is 0.220 e. The second-order valence-corrected chi connectivity index (χ2v) is 9.00. The third kappa shape index (κ3) is 15.6. The lowest BCUT2D eigenvalue weighted by Crippen LogP contribution is -2.36. The minimum Gasteiger partial charge on any atom is -0.378 e. The number of carbonyl (C=O) groups is 1. The van der Waals surface area contributed by atoms with Crippen molar-refractivity contribution < 1.29 is 9.53 Å². The zero-order valence-corrected chi connectivity index (χ0v) is 22.7. The topological polar surface area (TPSA) is 41.6 Å². The van der Waals surface area contributed by atoms with E-state index in [-0.39, 0.29) is 5.91 Å². The van der Waals surface area contributed by atoms with Gasteiger partial charge in [0.05, 0.1) is 13.2 Å². The average molecular weight is 503 g/mol. The van der Waals surface area contributed by atoms with Crippen molar-refractivity contribution in [2.24, 2.45) is 0 Å². The Kier molecular flexibility index (Phi) is 17.1. The van der Waals surface area contributed by atoms with Crippen LogP contribution in [0.4, 0.5) is 5.69 Å². The molecular weight excluding hydrogens is 456 g/mol. The zero-order valence-electron chi connectivity index (χ0n) is 22.7. The molecule has 0 saturated carbocycles. The maximum Gasteiger partial charge on any atom is 0.220 e. The number of rotatable bonds is 17. The minimum absolute atomic E-state index is 0.0942. The number of hydrogen-bond acceptors (Lipinski definition) is 3. The minimum atomic E-state index is 0.0942. The van der Waals surface area contributed by atoms with Gasteiger partial charge >= 0.3 is 0 Å². The lowest BCUT2D eigenvalue weighted by Gasteiger charge is -2.28. The summed E-state index contributed by atoms with van der Waals surface area (Å²) in [5.74, 6) is 0.0942. The van der Waals surface area contributed by atoms with Crippen molar-refractivity contribution in [2.75, 3.05) is 31.2 Å². The molecule has 0 aliphatic carbocycles. The van der Waals surface area contributed by atoms with Crippen molar-refractivity contribution in [3.63, 3.8) is 0 Å². The van der Waals surface area contributed by atoms with E-state index < -0.39 is 0 Å². The largest absolute Gasteiger partial charge is 0.378 e. The van der Waals surface area contributed by atoms with E-state index in [1.807, 2.05) is 0 Å². The fourth-order valence-electron chi connectivity index (χ4n) is 3.79. The van der Waals surface area contributed by atoms with Gasteiger partial charge < -0.3 is 15.0 Å². The summed E-state index contributed by atoms with van der Waals surface area (Å²) >= 11 is 0.